The van der Waals surface area contributed by atoms with E-state index in [2.05, 4.69) is 5.32 Å². The van der Waals surface area contributed by atoms with Crippen LogP contribution in [0.2, 0.25) is 0 Å². The summed E-state index contributed by atoms with van der Waals surface area (Å²) in [4.78, 5) is 22.1. The van der Waals surface area contributed by atoms with Crippen molar-refractivity contribution in [3.63, 3.8) is 0 Å². The SMILES string of the molecule is N#CCNC(=O)COc1c(N)cccc1C(=O)O. The zero-order valence-corrected chi connectivity index (χ0v) is 9.34. The van der Waals surface area contributed by atoms with Crippen molar-refractivity contribution in [2.24, 2.45) is 0 Å². The van der Waals surface area contributed by atoms with Crippen LogP contribution < -0.4 is 15.8 Å². The summed E-state index contributed by atoms with van der Waals surface area (Å²) in [6, 6.07) is 5.99. The Hall–Kier alpha value is -2.75. The Balaban J connectivity index is 2.76. The van der Waals surface area contributed by atoms with Gasteiger partial charge in [0.05, 0.1) is 11.8 Å². The fourth-order valence-electron chi connectivity index (χ4n) is 1.21. The van der Waals surface area contributed by atoms with E-state index >= 15 is 0 Å². The first-order valence-corrected chi connectivity index (χ1v) is 4.94. The van der Waals surface area contributed by atoms with Gasteiger partial charge in [0.1, 0.15) is 12.1 Å². The van der Waals surface area contributed by atoms with Gasteiger partial charge in [-0.2, -0.15) is 5.26 Å². The Morgan fingerprint density at radius 1 is 1.50 bits per heavy atom. The maximum atomic E-state index is 11.2. The molecule has 0 aliphatic rings. The quantitative estimate of drug-likeness (QED) is 0.497. The molecule has 94 valence electrons. The number of nitrogen functional groups attached to an aromatic ring is 1. The fourth-order valence-corrected chi connectivity index (χ4v) is 1.21. The van der Waals surface area contributed by atoms with Gasteiger partial charge in [0.25, 0.3) is 5.91 Å². The number of nitrogens with two attached hydrogens (primary N) is 1. The lowest BCUT2D eigenvalue weighted by Crippen LogP contribution is -2.29. The summed E-state index contributed by atoms with van der Waals surface area (Å²) in [5.41, 5.74) is 5.58. The van der Waals surface area contributed by atoms with Crippen molar-refractivity contribution in [3.05, 3.63) is 23.8 Å². The summed E-state index contributed by atoms with van der Waals surface area (Å²) in [5, 5.41) is 19.4. The smallest absolute Gasteiger partial charge is 0.339 e. The Kier molecular flexibility index (Phi) is 4.51. The molecule has 4 N–H and O–H groups in total. The number of carbonyl (C=O) groups excluding carboxylic acids is 1. The van der Waals surface area contributed by atoms with Crippen LogP contribution in [0, 0.1) is 11.3 Å². The molecule has 7 nitrogen and oxygen atoms in total. The van der Waals surface area contributed by atoms with Crippen LogP contribution in [-0.2, 0) is 4.79 Å². The number of ether oxygens (including phenoxy) is 1. The van der Waals surface area contributed by atoms with Crippen molar-refractivity contribution in [2.45, 2.75) is 0 Å². The van der Waals surface area contributed by atoms with E-state index in [9.17, 15) is 9.59 Å². The lowest BCUT2D eigenvalue weighted by atomic mass is 10.2. The molecular weight excluding hydrogens is 238 g/mol. The summed E-state index contributed by atoms with van der Waals surface area (Å²) in [7, 11) is 0. The molecule has 0 aliphatic carbocycles. The van der Waals surface area contributed by atoms with E-state index < -0.39 is 18.5 Å². The number of hydrogen-bond acceptors (Lipinski definition) is 5. The average Bonchev–Trinajstić information content (AvgIpc) is 2.34. The lowest BCUT2D eigenvalue weighted by Gasteiger charge is -2.10. The predicted octanol–water partition coefficient (Wildman–Crippen LogP) is -0.0144. The molecule has 0 aromatic heterocycles. The highest BCUT2D eigenvalue weighted by atomic mass is 16.5. The van der Waals surface area contributed by atoms with Crippen LogP contribution in [-0.4, -0.2) is 30.1 Å². The summed E-state index contributed by atoms with van der Waals surface area (Å²) in [5.74, 6) is -1.79. The van der Waals surface area contributed by atoms with Gasteiger partial charge in [-0.05, 0) is 12.1 Å². The van der Waals surface area contributed by atoms with Gasteiger partial charge in [-0.1, -0.05) is 6.07 Å². The number of aromatic carboxylic acids is 1. The molecule has 18 heavy (non-hydrogen) atoms. The summed E-state index contributed by atoms with van der Waals surface area (Å²) < 4.78 is 5.06. The third-order valence-electron chi connectivity index (χ3n) is 1.99. The lowest BCUT2D eigenvalue weighted by molar-refractivity contribution is -0.122. The van der Waals surface area contributed by atoms with Crippen LogP contribution >= 0.6 is 0 Å². The predicted molar refractivity (Wildman–Crippen MR) is 61.9 cm³/mol. The maximum absolute atomic E-state index is 11.2. The average molecular weight is 249 g/mol. The number of carboxylic acid groups (broad SMARTS) is 1. The molecule has 0 radical (unpaired) electrons. The second-order valence-electron chi connectivity index (χ2n) is 3.25. The minimum atomic E-state index is -1.20. The van der Waals surface area contributed by atoms with Gasteiger partial charge in [-0.3, -0.25) is 4.79 Å². The number of nitrogens with zero attached hydrogens (tertiary/aromatic N) is 1. The second-order valence-corrected chi connectivity index (χ2v) is 3.25. The maximum Gasteiger partial charge on any atom is 0.339 e. The molecule has 7 heteroatoms. The standard InChI is InChI=1S/C11H11N3O4/c12-4-5-14-9(15)6-18-10-7(11(16)17)2-1-3-8(10)13/h1-3H,5-6,13H2,(H,14,15)(H,16,17). The normalized spacial score (nSPS) is 9.28. The third-order valence-corrected chi connectivity index (χ3v) is 1.99. The minimum Gasteiger partial charge on any atom is -0.481 e. The van der Waals surface area contributed by atoms with Crippen molar-refractivity contribution in [1.29, 1.82) is 5.26 Å². The molecule has 1 rings (SSSR count). The highest BCUT2D eigenvalue weighted by molar-refractivity contribution is 5.93. The second kappa shape index (κ2) is 6.10. The Morgan fingerprint density at radius 2 is 2.22 bits per heavy atom. The number of hydrogen-bond donors (Lipinski definition) is 3. The van der Waals surface area contributed by atoms with Crippen molar-refractivity contribution < 1.29 is 19.4 Å². The Morgan fingerprint density at radius 3 is 2.83 bits per heavy atom. The van der Waals surface area contributed by atoms with Crippen molar-refractivity contribution >= 4 is 17.6 Å². The molecule has 0 heterocycles. The van der Waals surface area contributed by atoms with Crippen LogP contribution in [0.15, 0.2) is 18.2 Å². The van der Waals surface area contributed by atoms with Crippen LogP contribution in [0.25, 0.3) is 0 Å². The topological polar surface area (TPSA) is 125 Å². The Bertz CT molecular complexity index is 508. The van der Waals surface area contributed by atoms with Crippen LogP contribution in [0.1, 0.15) is 10.4 Å². The largest absolute Gasteiger partial charge is 0.481 e. The molecule has 0 aliphatic heterocycles. The van der Waals surface area contributed by atoms with E-state index in [4.69, 9.17) is 20.8 Å². The van der Waals surface area contributed by atoms with E-state index in [-0.39, 0.29) is 23.5 Å². The number of anilines is 1. The highest BCUT2D eigenvalue weighted by Gasteiger charge is 2.15. The first-order valence-electron chi connectivity index (χ1n) is 4.94. The molecule has 0 fully saturated rings. The molecular formula is C11H11N3O4. The van der Waals surface area contributed by atoms with Crippen molar-refractivity contribution in [2.75, 3.05) is 18.9 Å². The van der Waals surface area contributed by atoms with E-state index in [0.29, 0.717) is 0 Å². The van der Waals surface area contributed by atoms with E-state index in [1.54, 1.807) is 6.07 Å². The molecule has 0 atom stereocenters. The number of para-hydroxylation sites is 1. The molecule has 0 bridgehead atoms. The molecule has 1 amide bonds. The number of nitrogens with one attached hydrogen (secondary N) is 1. The number of nitriles is 1. The minimum absolute atomic E-state index is 0.0582. The molecule has 0 saturated heterocycles. The van der Waals surface area contributed by atoms with Gasteiger partial charge in [0.2, 0.25) is 0 Å². The van der Waals surface area contributed by atoms with Gasteiger partial charge in [0, 0.05) is 0 Å². The number of carbonyl (C=O) groups is 2. The number of amides is 1. The van der Waals surface area contributed by atoms with Crippen LogP contribution in [0.5, 0.6) is 5.75 Å². The van der Waals surface area contributed by atoms with Gasteiger partial charge in [-0.25, -0.2) is 4.79 Å². The monoisotopic (exact) mass is 249 g/mol. The zero-order chi connectivity index (χ0) is 13.5. The molecule has 0 unspecified atom stereocenters. The summed E-state index contributed by atoms with van der Waals surface area (Å²) in [6.07, 6.45) is 0. The fraction of sp³-hybridized carbons (Fsp3) is 0.182. The molecule has 0 saturated carbocycles. The van der Waals surface area contributed by atoms with E-state index in [1.165, 1.54) is 18.2 Å². The van der Waals surface area contributed by atoms with Gasteiger partial charge in [-0.15, -0.1) is 0 Å². The Labute approximate surface area is 103 Å². The first-order chi connectivity index (χ1) is 8.56. The van der Waals surface area contributed by atoms with Crippen molar-refractivity contribution in [3.8, 4) is 11.8 Å². The van der Waals surface area contributed by atoms with Gasteiger partial charge < -0.3 is 20.9 Å². The van der Waals surface area contributed by atoms with Crippen LogP contribution in [0.3, 0.4) is 0 Å². The first kappa shape index (κ1) is 13.3. The van der Waals surface area contributed by atoms with Gasteiger partial charge in [0.15, 0.2) is 12.4 Å². The van der Waals surface area contributed by atoms with E-state index in [0.717, 1.165) is 0 Å². The van der Waals surface area contributed by atoms with E-state index in [1.807, 2.05) is 0 Å². The summed E-state index contributed by atoms with van der Waals surface area (Å²) >= 11 is 0. The molecule has 1 aromatic rings. The number of benzene rings is 1. The number of rotatable bonds is 5. The molecule has 1 aromatic carbocycles. The third kappa shape index (κ3) is 3.38. The highest BCUT2D eigenvalue weighted by Crippen LogP contribution is 2.26. The van der Waals surface area contributed by atoms with Crippen LogP contribution in [0.4, 0.5) is 5.69 Å². The summed E-state index contributed by atoms with van der Waals surface area (Å²) in [6.45, 7) is -0.547. The molecule has 0 spiro atoms. The number of carboxylic acids is 1. The zero-order valence-electron chi connectivity index (χ0n) is 9.34. The van der Waals surface area contributed by atoms with Gasteiger partial charge >= 0.3 is 5.97 Å². The van der Waals surface area contributed by atoms with Crippen molar-refractivity contribution in [1.82, 2.24) is 5.32 Å².